The van der Waals surface area contributed by atoms with Crippen LogP contribution in [0.3, 0.4) is 0 Å². The highest BCUT2D eigenvalue weighted by molar-refractivity contribution is 7.11. The highest BCUT2D eigenvalue weighted by atomic mass is 32.1. The number of nitrogens with zero attached hydrogens (tertiary/aromatic N) is 2. The smallest absolute Gasteiger partial charge is 0.439 e. The van der Waals surface area contributed by atoms with E-state index in [0.29, 0.717) is 29.9 Å². The van der Waals surface area contributed by atoms with E-state index in [4.69, 9.17) is 9.47 Å². The minimum Gasteiger partial charge on any atom is -0.496 e. The van der Waals surface area contributed by atoms with E-state index in [-0.39, 0.29) is 31.2 Å². The molecule has 0 amide bonds. The highest BCUT2D eigenvalue weighted by Gasteiger charge is 2.42. The van der Waals surface area contributed by atoms with Crippen LogP contribution in [0.1, 0.15) is 47.2 Å². The molecule has 0 unspecified atom stereocenters. The molecule has 1 saturated carbocycles. The van der Waals surface area contributed by atoms with Gasteiger partial charge in [-0.25, -0.2) is 9.78 Å². The Morgan fingerprint density at radius 2 is 2.00 bits per heavy atom. The number of thiazole rings is 1. The van der Waals surface area contributed by atoms with Crippen molar-refractivity contribution in [3.8, 4) is 22.9 Å². The van der Waals surface area contributed by atoms with Crippen LogP contribution in [0.4, 0.5) is 13.2 Å². The maximum atomic E-state index is 12.9. The van der Waals surface area contributed by atoms with Gasteiger partial charge in [-0.15, -0.1) is 11.3 Å². The molecule has 0 bridgehead atoms. The predicted octanol–water partition coefficient (Wildman–Crippen LogP) is 5.22. The number of hydrogen-bond donors (Lipinski definition) is 1. The zero-order valence-corrected chi connectivity index (χ0v) is 18.3. The molecule has 1 aliphatic carbocycles. The summed E-state index contributed by atoms with van der Waals surface area (Å²) in [5, 5.41) is 4.54. The molecule has 2 heterocycles. The van der Waals surface area contributed by atoms with Crippen LogP contribution in [0.2, 0.25) is 0 Å². The Bertz CT molecular complexity index is 1130. The lowest BCUT2D eigenvalue weighted by atomic mass is 9.82. The van der Waals surface area contributed by atoms with E-state index in [9.17, 15) is 18.0 Å². The largest absolute Gasteiger partial charge is 0.496 e. The summed E-state index contributed by atoms with van der Waals surface area (Å²) in [6.45, 7) is 2.16. The molecule has 0 atom stereocenters. The lowest BCUT2D eigenvalue weighted by Gasteiger charge is -2.28. The maximum Gasteiger partial charge on any atom is 0.439 e. The van der Waals surface area contributed by atoms with Gasteiger partial charge in [-0.3, -0.25) is 9.51 Å². The van der Waals surface area contributed by atoms with Gasteiger partial charge in [0.15, 0.2) is 5.82 Å². The van der Waals surface area contributed by atoms with Crippen molar-refractivity contribution in [1.29, 1.82) is 0 Å². The van der Waals surface area contributed by atoms with Gasteiger partial charge in [0.2, 0.25) is 0 Å². The van der Waals surface area contributed by atoms with Crippen molar-refractivity contribution in [2.75, 3.05) is 7.11 Å². The van der Waals surface area contributed by atoms with Gasteiger partial charge >= 0.3 is 11.9 Å². The number of hydrogen-bond acceptors (Lipinski definition) is 7. The van der Waals surface area contributed by atoms with E-state index in [0.717, 1.165) is 15.6 Å². The number of benzene rings is 1. The van der Waals surface area contributed by atoms with E-state index in [1.54, 1.807) is 18.2 Å². The van der Waals surface area contributed by atoms with Gasteiger partial charge in [-0.05, 0) is 44.7 Å². The summed E-state index contributed by atoms with van der Waals surface area (Å²) < 4.78 is 54.5. The van der Waals surface area contributed by atoms with E-state index in [1.165, 1.54) is 18.4 Å². The van der Waals surface area contributed by atoms with Crippen molar-refractivity contribution >= 4 is 11.3 Å². The third-order valence-electron chi connectivity index (χ3n) is 5.69. The Hall–Kier alpha value is -2.82. The van der Waals surface area contributed by atoms with Gasteiger partial charge in [0, 0.05) is 12.0 Å². The third kappa shape index (κ3) is 4.82. The maximum absolute atomic E-state index is 12.9. The predicted molar refractivity (Wildman–Crippen MR) is 111 cm³/mol. The van der Waals surface area contributed by atoms with Crippen molar-refractivity contribution in [2.24, 2.45) is 5.92 Å². The number of aromatic nitrogens is 3. The fourth-order valence-corrected chi connectivity index (χ4v) is 5.03. The second-order valence-electron chi connectivity index (χ2n) is 7.75. The molecule has 1 aromatic carbocycles. The van der Waals surface area contributed by atoms with E-state index < -0.39 is 17.9 Å². The molecule has 0 radical (unpaired) electrons. The Morgan fingerprint density at radius 3 is 2.62 bits per heavy atom. The monoisotopic (exact) mass is 469 g/mol. The van der Waals surface area contributed by atoms with Crippen LogP contribution in [0.5, 0.6) is 11.5 Å². The van der Waals surface area contributed by atoms with Gasteiger partial charge in [-0.2, -0.15) is 13.2 Å². The number of ether oxygens (including phenoxy) is 2. The average Bonchev–Trinajstić information content (AvgIpc) is 3.37. The number of aromatic amines is 1. The van der Waals surface area contributed by atoms with E-state index in [1.807, 2.05) is 6.92 Å². The first kappa shape index (κ1) is 22.4. The first-order valence-corrected chi connectivity index (χ1v) is 11.0. The van der Waals surface area contributed by atoms with Crippen LogP contribution < -0.4 is 15.2 Å². The quantitative estimate of drug-likeness (QED) is 0.533. The molecular formula is C21H22F3N3O4S. The third-order valence-corrected chi connectivity index (χ3v) is 6.98. The second-order valence-corrected chi connectivity index (χ2v) is 8.86. The van der Waals surface area contributed by atoms with Crippen LogP contribution in [0.15, 0.2) is 27.5 Å². The molecular weight excluding hydrogens is 447 g/mol. The normalized spacial score (nSPS) is 19.2. The molecule has 172 valence electrons. The highest BCUT2D eigenvalue weighted by Crippen LogP contribution is 2.44. The minimum absolute atomic E-state index is 0.0649. The van der Waals surface area contributed by atoms with Crippen LogP contribution in [-0.4, -0.2) is 28.4 Å². The summed E-state index contributed by atoms with van der Waals surface area (Å²) >= 11 is 1.50. The molecule has 3 aromatic rings. The molecule has 1 aliphatic rings. The molecule has 1 fully saturated rings. The number of H-pyrrole nitrogens is 1. The number of methoxy groups -OCH3 is 1. The SMILES string of the molecule is COc1cc(OCc2sc([C@H]3CC[C@H](C(F)(F)F)CC3)nc2C)ccc1-c1noc(=O)[nH]1. The van der Waals surface area contributed by atoms with Crippen molar-refractivity contribution in [2.45, 2.75) is 51.3 Å². The van der Waals surface area contributed by atoms with E-state index in [2.05, 4.69) is 19.6 Å². The summed E-state index contributed by atoms with van der Waals surface area (Å²) in [6, 6.07) is 5.10. The number of rotatable bonds is 6. The van der Waals surface area contributed by atoms with Crippen LogP contribution in [0, 0.1) is 12.8 Å². The van der Waals surface area contributed by atoms with Gasteiger partial charge in [0.1, 0.15) is 18.1 Å². The van der Waals surface area contributed by atoms with Crippen molar-refractivity contribution in [1.82, 2.24) is 15.1 Å². The van der Waals surface area contributed by atoms with E-state index >= 15 is 0 Å². The van der Waals surface area contributed by atoms with Crippen LogP contribution >= 0.6 is 11.3 Å². The number of alkyl halides is 3. The van der Waals surface area contributed by atoms with Crippen LogP contribution in [-0.2, 0) is 6.61 Å². The Balaban J connectivity index is 1.41. The summed E-state index contributed by atoms with van der Waals surface area (Å²) in [5.74, 6) is -0.537. The Morgan fingerprint density at radius 1 is 1.25 bits per heavy atom. The fourth-order valence-electron chi connectivity index (χ4n) is 3.88. The number of nitrogens with one attached hydrogen (secondary N) is 1. The minimum atomic E-state index is -4.11. The molecule has 1 N–H and O–H groups in total. The van der Waals surface area contributed by atoms with Crippen molar-refractivity contribution in [3.63, 3.8) is 0 Å². The zero-order valence-electron chi connectivity index (χ0n) is 17.5. The molecule has 7 nitrogen and oxygen atoms in total. The fraction of sp³-hybridized carbons (Fsp3) is 0.476. The molecule has 0 saturated heterocycles. The first-order chi connectivity index (χ1) is 15.2. The van der Waals surface area contributed by atoms with Gasteiger partial charge in [0.05, 0.1) is 34.2 Å². The summed E-state index contributed by atoms with van der Waals surface area (Å²) in [7, 11) is 1.49. The number of halogens is 3. The van der Waals surface area contributed by atoms with Crippen LogP contribution in [0.25, 0.3) is 11.4 Å². The number of aryl methyl sites for hydroxylation is 1. The summed E-state index contributed by atoms with van der Waals surface area (Å²) in [4.78, 5) is 19.2. The second kappa shape index (κ2) is 8.97. The lowest BCUT2D eigenvalue weighted by Crippen LogP contribution is -2.27. The standard InChI is InChI=1S/C21H22F3N3O4S/c1-11-17(32-19(25-11)12-3-5-13(6-4-12)21(22,23)24)10-30-14-7-8-15(16(9-14)29-2)18-26-20(28)31-27-18/h7-9,12-13H,3-6,10H2,1-2H3,(H,26,27,28)/t12-,13-. The van der Waals surface area contributed by atoms with Gasteiger partial charge < -0.3 is 9.47 Å². The summed E-state index contributed by atoms with van der Waals surface area (Å²) in [6.07, 6.45) is -2.80. The first-order valence-electron chi connectivity index (χ1n) is 10.1. The molecule has 0 aliphatic heterocycles. The lowest BCUT2D eigenvalue weighted by molar-refractivity contribution is -0.182. The average molecular weight is 469 g/mol. The summed E-state index contributed by atoms with van der Waals surface area (Å²) in [5.41, 5.74) is 1.38. The van der Waals surface area contributed by atoms with Crippen molar-refractivity contribution in [3.05, 3.63) is 44.3 Å². The Labute approximate surface area is 185 Å². The molecule has 32 heavy (non-hydrogen) atoms. The topological polar surface area (TPSA) is 90.2 Å². The Kier molecular flexibility index (Phi) is 6.27. The van der Waals surface area contributed by atoms with Gasteiger partial charge in [-0.1, -0.05) is 5.16 Å². The molecule has 0 spiro atoms. The van der Waals surface area contributed by atoms with Gasteiger partial charge in [0.25, 0.3) is 0 Å². The van der Waals surface area contributed by atoms with Crippen molar-refractivity contribution < 1.29 is 27.2 Å². The molecule has 4 rings (SSSR count). The zero-order chi connectivity index (χ0) is 22.9. The molecule has 11 heteroatoms. The molecule has 2 aromatic heterocycles.